The molecule has 5 N–H and O–H groups in total. The van der Waals surface area contributed by atoms with E-state index in [2.05, 4.69) is 9.98 Å². The molecule has 0 unspecified atom stereocenters. The molecule has 0 aliphatic carbocycles. The lowest BCUT2D eigenvalue weighted by molar-refractivity contribution is -0.322. The Balaban J connectivity index is 1.75. The van der Waals surface area contributed by atoms with Crippen molar-refractivity contribution in [3.05, 3.63) is 71.8 Å². The zero-order valence-corrected chi connectivity index (χ0v) is 22.0. The number of nitrogens with zero attached hydrogens (tertiary/aromatic N) is 2. The molecule has 12 nitrogen and oxygen atoms in total. The van der Waals surface area contributed by atoms with Gasteiger partial charge in [0.15, 0.2) is 18.7 Å². The van der Waals surface area contributed by atoms with Gasteiger partial charge in [-0.15, -0.1) is 0 Å². The molecule has 1 aliphatic rings. The summed E-state index contributed by atoms with van der Waals surface area (Å²) in [5, 5.41) is 51.4. The Labute approximate surface area is 232 Å². The summed E-state index contributed by atoms with van der Waals surface area (Å²) in [5.41, 5.74) is 1.63. The molecule has 40 heavy (non-hydrogen) atoms. The van der Waals surface area contributed by atoms with Crippen LogP contribution in [0.1, 0.15) is 18.1 Å². The average Bonchev–Trinajstić information content (AvgIpc) is 2.95. The van der Waals surface area contributed by atoms with E-state index >= 15 is 0 Å². The van der Waals surface area contributed by atoms with Crippen molar-refractivity contribution in [3.8, 4) is 0 Å². The Morgan fingerprint density at radius 2 is 1.50 bits per heavy atom. The molecule has 1 heterocycles. The second kappa shape index (κ2) is 16.3. The Morgan fingerprint density at radius 1 is 0.925 bits per heavy atom. The van der Waals surface area contributed by atoms with E-state index in [0.29, 0.717) is 0 Å². The molecular formula is C28H36N2O10. The van der Waals surface area contributed by atoms with E-state index < -0.39 is 68.4 Å². The highest BCUT2D eigenvalue weighted by Gasteiger charge is 2.48. The second-order valence-corrected chi connectivity index (χ2v) is 9.08. The Hall–Kier alpha value is -3.07. The highest BCUT2D eigenvalue weighted by molar-refractivity contribution is 5.79. The minimum absolute atomic E-state index is 0.0999. The van der Waals surface area contributed by atoms with Gasteiger partial charge in [-0.2, -0.15) is 0 Å². The fraction of sp³-hybridized carbons (Fsp3) is 0.464. The summed E-state index contributed by atoms with van der Waals surface area (Å²) in [5.74, 6) is -0.764. The van der Waals surface area contributed by atoms with Crippen molar-refractivity contribution in [2.45, 2.75) is 56.1 Å². The maximum Gasteiger partial charge on any atom is 0.303 e. The normalized spacial score (nSPS) is 25.6. The third-order valence-electron chi connectivity index (χ3n) is 5.99. The molecule has 0 spiro atoms. The van der Waals surface area contributed by atoms with Gasteiger partial charge < -0.3 is 44.5 Å². The van der Waals surface area contributed by atoms with Crippen LogP contribution in [0.3, 0.4) is 0 Å². The fourth-order valence-electron chi connectivity index (χ4n) is 4.00. The molecule has 1 saturated heterocycles. The summed E-state index contributed by atoms with van der Waals surface area (Å²) < 4.78 is 22.1. The van der Waals surface area contributed by atoms with E-state index in [4.69, 9.17) is 18.9 Å². The van der Waals surface area contributed by atoms with E-state index in [1.54, 1.807) is 12.4 Å². The first-order valence-electron chi connectivity index (χ1n) is 12.8. The predicted molar refractivity (Wildman–Crippen MR) is 144 cm³/mol. The van der Waals surface area contributed by atoms with Gasteiger partial charge in [0.1, 0.15) is 30.5 Å². The molecule has 12 heteroatoms. The first-order chi connectivity index (χ1) is 19.3. The molecular weight excluding hydrogens is 524 g/mol. The van der Waals surface area contributed by atoms with Crippen LogP contribution < -0.4 is 0 Å². The van der Waals surface area contributed by atoms with Crippen molar-refractivity contribution < 1.29 is 49.3 Å². The van der Waals surface area contributed by atoms with Gasteiger partial charge >= 0.3 is 5.97 Å². The van der Waals surface area contributed by atoms with E-state index in [-0.39, 0.29) is 13.1 Å². The maximum absolute atomic E-state index is 11.6. The molecule has 1 aliphatic heterocycles. The van der Waals surface area contributed by atoms with Crippen LogP contribution in [-0.4, -0.2) is 119 Å². The van der Waals surface area contributed by atoms with Crippen LogP contribution in [0.4, 0.5) is 0 Å². The summed E-state index contributed by atoms with van der Waals surface area (Å²) in [6.07, 6.45) is -7.89. The molecule has 0 aromatic heterocycles. The summed E-state index contributed by atoms with van der Waals surface area (Å²) >= 11 is 0. The molecule has 3 rings (SSSR count). The fourth-order valence-corrected chi connectivity index (χ4v) is 4.00. The van der Waals surface area contributed by atoms with Gasteiger partial charge in [-0.3, -0.25) is 14.8 Å². The molecule has 0 radical (unpaired) electrons. The third-order valence-corrected chi connectivity index (χ3v) is 5.99. The summed E-state index contributed by atoms with van der Waals surface area (Å²) in [7, 11) is 0. The van der Waals surface area contributed by atoms with E-state index in [0.717, 1.165) is 18.1 Å². The highest BCUT2D eigenvalue weighted by Crippen LogP contribution is 2.26. The SMILES string of the molecule is CC(=O)O[C@H]1[C@@H](O)[C@H](CO)O[C@H](O[C@@H](CN=Cc2ccccc2)[C@@H](CO)O[C@H](O)CN=Cc2ccccc2)[C@@H]1O. The molecule has 0 saturated carbocycles. The number of esters is 1. The molecule has 1 fully saturated rings. The first kappa shape index (κ1) is 31.5. The number of benzene rings is 2. The number of hydrogen-bond acceptors (Lipinski definition) is 12. The van der Waals surface area contributed by atoms with Crippen molar-refractivity contribution in [2.75, 3.05) is 26.3 Å². The zero-order valence-electron chi connectivity index (χ0n) is 22.0. The Morgan fingerprint density at radius 3 is 2.02 bits per heavy atom. The number of hydrogen-bond donors (Lipinski definition) is 5. The molecule has 0 bridgehead atoms. The van der Waals surface area contributed by atoms with E-state index in [1.807, 2.05) is 60.7 Å². The largest absolute Gasteiger partial charge is 0.457 e. The van der Waals surface area contributed by atoms with Gasteiger partial charge in [0, 0.05) is 19.4 Å². The van der Waals surface area contributed by atoms with Crippen LogP contribution in [0.2, 0.25) is 0 Å². The van der Waals surface area contributed by atoms with Crippen molar-refractivity contribution in [3.63, 3.8) is 0 Å². The topological polar surface area (TPSA) is 180 Å². The smallest absolute Gasteiger partial charge is 0.303 e. The van der Waals surface area contributed by atoms with Gasteiger partial charge in [-0.25, -0.2) is 0 Å². The van der Waals surface area contributed by atoms with Crippen LogP contribution in [0.15, 0.2) is 70.6 Å². The van der Waals surface area contributed by atoms with Gasteiger partial charge in [0.2, 0.25) is 0 Å². The van der Waals surface area contributed by atoms with Gasteiger partial charge in [0.25, 0.3) is 0 Å². The number of aliphatic hydroxyl groups is 5. The zero-order chi connectivity index (χ0) is 28.9. The number of rotatable bonds is 14. The molecule has 0 amide bonds. The van der Waals surface area contributed by atoms with Crippen molar-refractivity contribution in [1.29, 1.82) is 0 Å². The lowest BCUT2D eigenvalue weighted by atomic mass is 9.99. The van der Waals surface area contributed by atoms with Crippen LogP contribution in [0.25, 0.3) is 0 Å². The van der Waals surface area contributed by atoms with Crippen LogP contribution in [-0.2, 0) is 23.7 Å². The number of aliphatic imine (C=N–C) groups is 2. The van der Waals surface area contributed by atoms with Crippen molar-refractivity contribution >= 4 is 18.4 Å². The van der Waals surface area contributed by atoms with Crippen LogP contribution in [0, 0.1) is 0 Å². The molecule has 2 aromatic rings. The first-order valence-corrected chi connectivity index (χ1v) is 12.8. The number of aliphatic hydroxyl groups excluding tert-OH is 5. The quantitative estimate of drug-likeness (QED) is 0.117. The minimum atomic E-state index is -1.65. The number of carbonyl (C=O) groups excluding carboxylic acids is 1. The molecule has 8 atom stereocenters. The van der Waals surface area contributed by atoms with Gasteiger partial charge in [-0.1, -0.05) is 60.7 Å². The van der Waals surface area contributed by atoms with Gasteiger partial charge in [0.05, 0.1) is 26.3 Å². The Kier molecular flexibility index (Phi) is 12.8. The summed E-state index contributed by atoms with van der Waals surface area (Å²) in [4.78, 5) is 20.1. The standard InChI is InChI=1S/C28H36N2O10/c1-18(33)37-27-25(35)23(17-32)40-28(26(27)36)39-21(14-29-12-19-8-4-2-5-9-19)22(16-31)38-24(34)15-30-13-20-10-6-3-7-11-20/h2-13,21-28,31-32,34-36H,14-17H2,1H3/t21-,22+,23-,24-,25-,26+,27-,28-/m0/s1. The molecule has 218 valence electrons. The lowest BCUT2D eigenvalue weighted by Crippen LogP contribution is -2.61. The van der Waals surface area contributed by atoms with E-state index in [9.17, 15) is 30.3 Å². The number of ether oxygens (including phenoxy) is 4. The van der Waals surface area contributed by atoms with E-state index in [1.165, 1.54) is 0 Å². The van der Waals surface area contributed by atoms with Gasteiger partial charge in [-0.05, 0) is 11.1 Å². The monoisotopic (exact) mass is 560 g/mol. The summed E-state index contributed by atoms with van der Waals surface area (Å²) in [6.45, 7) is -0.386. The van der Waals surface area contributed by atoms with Crippen molar-refractivity contribution in [2.24, 2.45) is 9.98 Å². The van der Waals surface area contributed by atoms with Crippen LogP contribution >= 0.6 is 0 Å². The minimum Gasteiger partial charge on any atom is -0.457 e. The summed E-state index contributed by atoms with van der Waals surface area (Å²) in [6, 6.07) is 18.4. The van der Waals surface area contributed by atoms with Crippen LogP contribution in [0.5, 0.6) is 0 Å². The predicted octanol–water partition coefficient (Wildman–Crippen LogP) is -0.324. The highest BCUT2D eigenvalue weighted by atomic mass is 16.7. The van der Waals surface area contributed by atoms with Crippen molar-refractivity contribution in [1.82, 2.24) is 0 Å². The lowest BCUT2D eigenvalue weighted by Gasteiger charge is -2.42. The second-order valence-electron chi connectivity index (χ2n) is 9.08. The third kappa shape index (κ3) is 9.54. The average molecular weight is 561 g/mol. The Bertz CT molecular complexity index is 1070. The molecule has 2 aromatic carbocycles. The number of carbonyl (C=O) groups is 1. The maximum atomic E-state index is 11.6.